The summed E-state index contributed by atoms with van der Waals surface area (Å²) in [7, 11) is 4.14. The van der Waals surface area contributed by atoms with E-state index in [-0.39, 0.29) is 30.9 Å². The molecule has 5 rings (SSSR count). The second-order valence-electron chi connectivity index (χ2n) is 9.69. The third-order valence-corrected chi connectivity index (χ3v) is 7.18. The molecule has 1 amide bonds. The van der Waals surface area contributed by atoms with Crippen LogP contribution in [0.1, 0.15) is 38.7 Å². The summed E-state index contributed by atoms with van der Waals surface area (Å²) in [5.41, 5.74) is 6.05. The lowest BCUT2D eigenvalue weighted by atomic mass is 9.86. The number of amides is 1. The van der Waals surface area contributed by atoms with E-state index in [4.69, 9.17) is 4.74 Å². The zero-order valence-corrected chi connectivity index (χ0v) is 18.9. The second kappa shape index (κ2) is 7.16. The fourth-order valence-corrected chi connectivity index (χ4v) is 5.25. The number of hydrogen-bond acceptors (Lipinski definition) is 6. The molecule has 3 aliphatic heterocycles. The molecule has 1 N–H and O–H groups in total. The first-order valence-corrected chi connectivity index (χ1v) is 11.0. The minimum atomic E-state index is -2.65. The number of halogens is 2. The molecular weight excluding hydrogens is 416 g/mol. The highest BCUT2D eigenvalue weighted by Crippen LogP contribution is 2.47. The van der Waals surface area contributed by atoms with Gasteiger partial charge in [0.15, 0.2) is 5.84 Å². The van der Waals surface area contributed by atoms with E-state index >= 15 is 0 Å². The number of likely N-dealkylation sites (tertiary alicyclic amines) is 1. The molecule has 1 aromatic rings. The van der Waals surface area contributed by atoms with Crippen LogP contribution in [0.4, 0.5) is 20.2 Å². The molecule has 1 atom stereocenters. The van der Waals surface area contributed by atoms with Crippen molar-refractivity contribution in [2.75, 3.05) is 43.6 Å². The van der Waals surface area contributed by atoms with Crippen molar-refractivity contribution >= 4 is 28.7 Å². The quantitative estimate of drug-likeness (QED) is 0.775. The molecule has 0 bridgehead atoms. The standard InChI is InChI=1S/C23H29F2N5O2/c1-14-21(31)27-26-20-11-32-19-9-16(15-5-7-23(24,25)8-6-15)17(10-18(19)30(14)20)29(4)22(2)12-28(3)13-22/h5,9-10,14H,6-8,11-13H2,1-4H3,(H,27,31)/t14-/m1/s1. The van der Waals surface area contributed by atoms with Crippen LogP contribution in [0.3, 0.4) is 0 Å². The Morgan fingerprint density at radius 2 is 2.06 bits per heavy atom. The zero-order valence-electron chi connectivity index (χ0n) is 18.9. The smallest absolute Gasteiger partial charge is 0.262 e. The fourth-order valence-electron chi connectivity index (χ4n) is 5.25. The van der Waals surface area contributed by atoms with E-state index in [9.17, 15) is 13.6 Å². The van der Waals surface area contributed by atoms with Gasteiger partial charge >= 0.3 is 0 Å². The van der Waals surface area contributed by atoms with Gasteiger partial charge in [-0.2, -0.15) is 5.10 Å². The number of nitrogens with zero attached hydrogens (tertiary/aromatic N) is 4. The first-order valence-electron chi connectivity index (χ1n) is 11.0. The van der Waals surface area contributed by atoms with Crippen LogP contribution in [0.2, 0.25) is 0 Å². The number of fused-ring (bicyclic) bond motifs is 3. The molecule has 1 aromatic carbocycles. The number of alkyl halides is 2. The van der Waals surface area contributed by atoms with Crippen molar-refractivity contribution < 1.29 is 18.3 Å². The number of anilines is 2. The lowest BCUT2D eigenvalue weighted by molar-refractivity contribution is -0.122. The molecule has 0 saturated carbocycles. The Bertz CT molecular complexity index is 1030. The van der Waals surface area contributed by atoms with E-state index in [1.54, 1.807) is 6.08 Å². The van der Waals surface area contributed by atoms with Crippen LogP contribution in [0, 0.1) is 0 Å². The van der Waals surface area contributed by atoms with Gasteiger partial charge in [-0.15, -0.1) is 0 Å². The van der Waals surface area contributed by atoms with Gasteiger partial charge in [-0.1, -0.05) is 6.08 Å². The van der Waals surface area contributed by atoms with Gasteiger partial charge in [0.25, 0.3) is 11.8 Å². The molecule has 1 saturated heterocycles. The molecule has 4 aliphatic rings. The van der Waals surface area contributed by atoms with E-state index in [2.05, 4.69) is 41.3 Å². The van der Waals surface area contributed by atoms with Crippen molar-refractivity contribution in [3.8, 4) is 5.75 Å². The van der Waals surface area contributed by atoms with Crippen molar-refractivity contribution in [2.24, 2.45) is 5.10 Å². The molecule has 172 valence electrons. The Morgan fingerprint density at radius 3 is 2.72 bits per heavy atom. The van der Waals surface area contributed by atoms with Crippen LogP contribution >= 0.6 is 0 Å². The average molecular weight is 446 g/mol. The maximum Gasteiger partial charge on any atom is 0.262 e. The normalized spacial score (nSPS) is 26.0. The fraction of sp³-hybridized carbons (Fsp3) is 0.565. The molecular formula is C23H29F2N5O2. The van der Waals surface area contributed by atoms with Gasteiger partial charge in [-0.05, 0) is 45.0 Å². The van der Waals surface area contributed by atoms with E-state index in [1.807, 2.05) is 24.0 Å². The highest BCUT2D eigenvalue weighted by molar-refractivity contribution is 6.09. The first kappa shape index (κ1) is 21.2. The summed E-state index contributed by atoms with van der Waals surface area (Å²) in [6.45, 7) is 6.10. The maximum atomic E-state index is 13.8. The van der Waals surface area contributed by atoms with Crippen LogP contribution in [-0.4, -0.2) is 67.9 Å². The van der Waals surface area contributed by atoms with Crippen molar-refractivity contribution in [3.63, 3.8) is 0 Å². The van der Waals surface area contributed by atoms with E-state index < -0.39 is 12.0 Å². The van der Waals surface area contributed by atoms with Gasteiger partial charge in [-0.3, -0.25) is 4.79 Å². The van der Waals surface area contributed by atoms with E-state index in [0.29, 0.717) is 18.0 Å². The van der Waals surface area contributed by atoms with Crippen molar-refractivity contribution in [2.45, 2.75) is 50.6 Å². The molecule has 0 unspecified atom stereocenters. The summed E-state index contributed by atoms with van der Waals surface area (Å²) in [6, 6.07) is 3.57. The molecule has 1 aliphatic carbocycles. The number of amidine groups is 1. The molecule has 3 heterocycles. The Morgan fingerprint density at radius 1 is 1.31 bits per heavy atom. The number of ether oxygens (including phenoxy) is 1. The van der Waals surface area contributed by atoms with Gasteiger partial charge in [0.05, 0.1) is 11.2 Å². The molecule has 0 aromatic heterocycles. The minimum Gasteiger partial charge on any atom is -0.483 e. The summed E-state index contributed by atoms with van der Waals surface area (Å²) in [4.78, 5) is 18.7. The summed E-state index contributed by atoms with van der Waals surface area (Å²) >= 11 is 0. The SMILES string of the molecule is C[C@@H]1C(=O)NN=C2COc3cc(C4=CCC(F)(F)CC4)c(N(C)C4(C)CN(C)C4)cc3N21. The number of nitrogens with one attached hydrogen (secondary N) is 1. The highest BCUT2D eigenvalue weighted by atomic mass is 19.3. The second-order valence-corrected chi connectivity index (χ2v) is 9.69. The third kappa shape index (κ3) is 3.34. The predicted molar refractivity (Wildman–Crippen MR) is 121 cm³/mol. The van der Waals surface area contributed by atoms with Gasteiger partial charge in [0, 0.05) is 44.2 Å². The molecule has 32 heavy (non-hydrogen) atoms. The summed E-state index contributed by atoms with van der Waals surface area (Å²) in [5, 5.41) is 4.17. The monoisotopic (exact) mass is 445 g/mol. The largest absolute Gasteiger partial charge is 0.483 e. The number of hydrazone groups is 1. The molecule has 1 fully saturated rings. The number of rotatable bonds is 3. The number of carbonyl (C=O) groups excluding carboxylic acids is 1. The Labute approximate surface area is 186 Å². The number of allylic oxidation sites excluding steroid dienone is 2. The van der Waals surface area contributed by atoms with Crippen LogP contribution < -0.4 is 20.0 Å². The molecule has 0 radical (unpaired) electrons. The third-order valence-electron chi connectivity index (χ3n) is 7.18. The van der Waals surface area contributed by atoms with Crippen LogP contribution in [0.5, 0.6) is 5.75 Å². The molecule has 9 heteroatoms. The number of hydrogen-bond donors (Lipinski definition) is 1. The molecule has 7 nitrogen and oxygen atoms in total. The predicted octanol–water partition coefficient (Wildman–Crippen LogP) is 3.06. The summed E-state index contributed by atoms with van der Waals surface area (Å²) in [6.07, 6.45) is 1.59. The van der Waals surface area contributed by atoms with Crippen LogP contribution in [-0.2, 0) is 4.79 Å². The summed E-state index contributed by atoms with van der Waals surface area (Å²) in [5.74, 6) is -1.53. The highest BCUT2D eigenvalue weighted by Gasteiger charge is 2.43. The topological polar surface area (TPSA) is 60.4 Å². The number of benzene rings is 1. The Kier molecular flexibility index (Phi) is 4.74. The number of carbonyl (C=O) groups is 1. The lowest BCUT2D eigenvalue weighted by Crippen LogP contribution is -2.66. The molecule has 0 spiro atoms. The van der Waals surface area contributed by atoms with Crippen molar-refractivity contribution in [1.29, 1.82) is 0 Å². The summed E-state index contributed by atoms with van der Waals surface area (Å²) < 4.78 is 33.7. The average Bonchev–Trinajstić information content (AvgIpc) is 2.73. The van der Waals surface area contributed by atoms with Crippen molar-refractivity contribution in [3.05, 3.63) is 23.8 Å². The van der Waals surface area contributed by atoms with E-state index in [1.165, 1.54) is 0 Å². The van der Waals surface area contributed by atoms with Gasteiger partial charge in [0.2, 0.25) is 0 Å². The minimum absolute atomic E-state index is 0.0752. The maximum absolute atomic E-state index is 13.8. The Hall–Kier alpha value is -2.68. The van der Waals surface area contributed by atoms with Crippen LogP contribution in [0.15, 0.2) is 23.3 Å². The van der Waals surface area contributed by atoms with Gasteiger partial charge in [-0.25, -0.2) is 14.2 Å². The first-order chi connectivity index (χ1) is 15.1. The lowest BCUT2D eigenvalue weighted by Gasteiger charge is -2.53. The van der Waals surface area contributed by atoms with Crippen LogP contribution in [0.25, 0.3) is 5.57 Å². The van der Waals surface area contributed by atoms with Gasteiger partial charge in [0.1, 0.15) is 18.4 Å². The zero-order chi connectivity index (χ0) is 22.8. The Balaban J connectivity index is 1.63. The van der Waals surface area contributed by atoms with Crippen molar-refractivity contribution in [1.82, 2.24) is 10.3 Å². The van der Waals surface area contributed by atoms with Gasteiger partial charge < -0.3 is 19.4 Å². The van der Waals surface area contributed by atoms with E-state index in [0.717, 1.165) is 35.6 Å². The number of likely N-dealkylation sites (N-methyl/N-ethyl adjacent to an activating group) is 2.